The fraction of sp³-hybridized carbons (Fsp3) is 0.667. The van der Waals surface area contributed by atoms with Crippen LogP contribution in [0.1, 0.15) is 31.0 Å². The number of nitrogens with zero attached hydrogens (tertiary/aromatic N) is 4. The first-order chi connectivity index (χ1) is 8.11. The van der Waals surface area contributed by atoms with Gasteiger partial charge in [0.15, 0.2) is 5.96 Å². The molecule has 1 aromatic rings. The van der Waals surface area contributed by atoms with Crippen molar-refractivity contribution in [3.05, 3.63) is 17.5 Å². The van der Waals surface area contributed by atoms with Crippen molar-refractivity contribution in [3.63, 3.8) is 0 Å². The van der Waals surface area contributed by atoms with Crippen LogP contribution in [0, 0.1) is 0 Å². The molecule has 2 rings (SSSR count). The number of aryl methyl sites for hydroxylation is 2. The van der Waals surface area contributed by atoms with Crippen LogP contribution >= 0.6 is 0 Å². The predicted octanol–water partition coefficient (Wildman–Crippen LogP) is 0.891. The van der Waals surface area contributed by atoms with E-state index < -0.39 is 0 Å². The van der Waals surface area contributed by atoms with Gasteiger partial charge in [0.25, 0.3) is 0 Å². The maximum Gasteiger partial charge on any atom is 0.191 e. The van der Waals surface area contributed by atoms with E-state index in [2.05, 4.69) is 21.9 Å². The molecule has 0 spiro atoms. The van der Waals surface area contributed by atoms with Gasteiger partial charge in [-0.2, -0.15) is 5.10 Å². The molecule has 1 saturated carbocycles. The molecule has 0 unspecified atom stereocenters. The van der Waals surface area contributed by atoms with Gasteiger partial charge in [-0.25, -0.2) is 4.99 Å². The molecule has 1 aliphatic rings. The molecule has 1 fully saturated rings. The molecule has 94 valence electrons. The van der Waals surface area contributed by atoms with Gasteiger partial charge in [0.2, 0.25) is 0 Å². The SMILES string of the molecule is CCc1nn(C)cc1CN=C(N)N(C)C1CC1. The normalized spacial score (nSPS) is 16.3. The molecule has 0 aromatic carbocycles. The summed E-state index contributed by atoms with van der Waals surface area (Å²) < 4.78 is 1.84. The second kappa shape index (κ2) is 4.77. The van der Waals surface area contributed by atoms with Crippen LogP contribution < -0.4 is 5.73 Å². The maximum absolute atomic E-state index is 5.95. The van der Waals surface area contributed by atoms with Gasteiger partial charge >= 0.3 is 0 Å². The molecule has 1 heterocycles. The predicted molar refractivity (Wildman–Crippen MR) is 68.7 cm³/mol. The highest BCUT2D eigenvalue weighted by atomic mass is 15.3. The summed E-state index contributed by atoms with van der Waals surface area (Å²) in [4.78, 5) is 6.52. The molecule has 0 aliphatic heterocycles. The Morgan fingerprint density at radius 3 is 2.94 bits per heavy atom. The summed E-state index contributed by atoms with van der Waals surface area (Å²) in [7, 11) is 3.95. The molecular weight excluding hydrogens is 214 g/mol. The van der Waals surface area contributed by atoms with Crippen molar-refractivity contribution in [3.8, 4) is 0 Å². The van der Waals surface area contributed by atoms with Crippen molar-refractivity contribution in [2.75, 3.05) is 7.05 Å². The first kappa shape index (κ1) is 12.0. The van der Waals surface area contributed by atoms with Gasteiger partial charge in [-0.15, -0.1) is 0 Å². The molecule has 5 nitrogen and oxygen atoms in total. The zero-order valence-electron chi connectivity index (χ0n) is 10.8. The Bertz CT molecular complexity index is 417. The third kappa shape index (κ3) is 2.78. The van der Waals surface area contributed by atoms with Crippen LogP contribution in [0.2, 0.25) is 0 Å². The molecule has 0 amide bonds. The van der Waals surface area contributed by atoms with E-state index >= 15 is 0 Å². The van der Waals surface area contributed by atoms with Gasteiger partial charge < -0.3 is 10.6 Å². The maximum atomic E-state index is 5.95. The van der Waals surface area contributed by atoms with E-state index in [-0.39, 0.29) is 0 Å². The zero-order chi connectivity index (χ0) is 12.4. The summed E-state index contributed by atoms with van der Waals surface area (Å²) in [5.74, 6) is 0.637. The van der Waals surface area contributed by atoms with Crippen molar-refractivity contribution in [2.45, 2.75) is 38.8 Å². The largest absolute Gasteiger partial charge is 0.370 e. The number of guanidine groups is 1. The van der Waals surface area contributed by atoms with Crippen molar-refractivity contribution in [1.82, 2.24) is 14.7 Å². The van der Waals surface area contributed by atoms with E-state index in [9.17, 15) is 0 Å². The zero-order valence-corrected chi connectivity index (χ0v) is 10.8. The van der Waals surface area contributed by atoms with Crippen LogP contribution in [-0.4, -0.2) is 33.7 Å². The Morgan fingerprint density at radius 1 is 1.65 bits per heavy atom. The van der Waals surface area contributed by atoms with Crippen molar-refractivity contribution in [2.24, 2.45) is 17.8 Å². The number of hydrogen-bond donors (Lipinski definition) is 1. The number of aromatic nitrogens is 2. The topological polar surface area (TPSA) is 59.4 Å². The lowest BCUT2D eigenvalue weighted by molar-refractivity contribution is 0.487. The minimum Gasteiger partial charge on any atom is -0.370 e. The van der Waals surface area contributed by atoms with Gasteiger partial charge in [-0.05, 0) is 19.3 Å². The average molecular weight is 235 g/mol. The summed E-state index contributed by atoms with van der Waals surface area (Å²) in [6.45, 7) is 2.73. The molecule has 1 aliphatic carbocycles. The third-order valence-corrected chi connectivity index (χ3v) is 3.19. The quantitative estimate of drug-likeness (QED) is 0.623. The minimum absolute atomic E-state index is 0.610. The third-order valence-electron chi connectivity index (χ3n) is 3.19. The summed E-state index contributed by atoms with van der Waals surface area (Å²) in [5, 5.41) is 4.39. The molecule has 0 bridgehead atoms. The van der Waals surface area contributed by atoms with E-state index in [1.165, 1.54) is 18.4 Å². The molecule has 2 N–H and O–H groups in total. The Morgan fingerprint density at radius 2 is 2.35 bits per heavy atom. The van der Waals surface area contributed by atoms with E-state index in [1.807, 2.05) is 25.0 Å². The number of aliphatic imine (C=N–C) groups is 1. The second-order valence-electron chi connectivity index (χ2n) is 4.64. The fourth-order valence-corrected chi connectivity index (χ4v) is 1.94. The first-order valence-corrected chi connectivity index (χ1v) is 6.16. The number of hydrogen-bond acceptors (Lipinski definition) is 2. The van der Waals surface area contributed by atoms with E-state index in [0.717, 1.165) is 12.1 Å². The van der Waals surface area contributed by atoms with Crippen molar-refractivity contribution in [1.29, 1.82) is 0 Å². The van der Waals surface area contributed by atoms with Crippen LogP contribution in [0.4, 0.5) is 0 Å². The van der Waals surface area contributed by atoms with Gasteiger partial charge in [0, 0.05) is 31.9 Å². The lowest BCUT2D eigenvalue weighted by Gasteiger charge is -2.16. The summed E-state index contributed by atoms with van der Waals surface area (Å²) in [5.41, 5.74) is 8.23. The molecule has 0 radical (unpaired) electrons. The second-order valence-corrected chi connectivity index (χ2v) is 4.64. The summed E-state index contributed by atoms with van der Waals surface area (Å²) >= 11 is 0. The highest BCUT2D eigenvalue weighted by Gasteiger charge is 2.27. The van der Waals surface area contributed by atoms with Crippen molar-refractivity contribution < 1.29 is 0 Å². The number of nitrogens with two attached hydrogens (primary N) is 1. The standard InChI is InChI=1S/C12H21N5/c1-4-11-9(8-16(2)15-11)7-14-12(13)17(3)10-5-6-10/h8,10H,4-7H2,1-3H3,(H2,13,14). The Labute approximate surface area is 102 Å². The van der Waals surface area contributed by atoms with Crippen molar-refractivity contribution >= 4 is 5.96 Å². The lowest BCUT2D eigenvalue weighted by atomic mass is 10.2. The van der Waals surface area contributed by atoms with E-state index in [0.29, 0.717) is 18.5 Å². The highest BCUT2D eigenvalue weighted by molar-refractivity contribution is 5.78. The molecule has 0 atom stereocenters. The Hall–Kier alpha value is -1.52. The van der Waals surface area contributed by atoms with Crippen LogP contribution in [0.25, 0.3) is 0 Å². The van der Waals surface area contributed by atoms with Crippen LogP contribution in [0.3, 0.4) is 0 Å². The molecule has 17 heavy (non-hydrogen) atoms. The highest BCUT2D eigenvalue weighted by Crippen LogP contribution is 2.24. The molecule has 1 aromatic heterocycles. The average Bonchev–Trinajstić information content (AvgIpc) is 3.09. The van der Waals surface area contributed by atoms with Gasteiger partial charge in [-0.3, -0.25) is 4.68 Å². The van der Waals surface area contributed by atoms with Gasteiger partial charge in [0.05, 0.1) is 12.2 Å². The first-order valence-electron chi connectivity index (χ1n) is 6.16. The fourth-order valence-electron chi connectivity index (χ4n) is 1.94. The molecule has 0 saturated heterocycles. The molecular formula is C12H21N5. The monoisotopic (exact) mass is 235 g/mol. The van der Waals surface area contributed by atoms with Crippen LogP contribution in [0.5, 0.6) is 0 Å². The van der Waals surface area contributed by atoms with Crippen LogP contribution in [0.15, 0.2) is 11.2 Å². The summed E-state index contributed by atoms with van der Waals surface area (Å²) in [6.07, 6.45) is 5.43. The molecule has 5 heteroatoms. The van der Waals surface area contributed by atoms with Gasteiger partial charge in [-0.1, -0.05) is 6.92 Å². The van der Waals surface area contributed by atoms with Crippen LogP contribution in [-0.2, 0) is 20.0 Å². The Kier molecular flexibility index (Phi) is 3.36. The lowest BCUT2D eigenvalue weighted by Crippen LogP contribution is -2.35. The van der Waals surface area contributed by atoms with E-state index in [1.54, 1.807) is 0 Å². The van der Waals surface area contributed by atoms with E-state index in [4.69, 9.17) is 5.73 Å². The minimum atomic E-state index is 0.610. The smallest absolute Gasteiger partial charge is 0.191 e. The number of rotatable bonds is 4. The Balaban J connectivity index is 2.02. The summed E-state index contributed by atoms with van der Waals surface area (Å²) in [6, 6.07) is 0.610. The van der Waals surface area contributed by atoms with Gasteiger partial charge in [0.1, 0.15) is 0 Å².